The van der Waals surface area contributed by atoms with Crippen molar-refractivity contribution >= 4 is 17.5 Å². The molecule has 102 valence electrons. The molecule has 0 aliphatic heterocycles. The molecule has 0 spiro atoms. The Morgan fingerprint density at radius 3 is 2.60 bits per heavy atom. The predicted octanol–water partition coefficient (Wildman–Crippen LogP) is 2.11. The molecule has 1 aromatic heterocycles. The Bertz CT molecular complexity index is 681. The minimum Gasteiger partial charge on any atom is -0.366 e. The lowest BCUT2D eigenvalue weighted by molar-refractivity contribution is -0.114. The number of carbonyl (C=O) groups is 2. The molecule has 3 N–H and O–H groups in total. The van der Waals surface area contributed by atoms with Crippen molar-refractivity contribution in [1.29, 1.82) is 0 Å². The maximum atomic E-state index is 11.5. The fourth-order valence-electron chi connectivity index (χ4n) is 1.92. The number of hydrogen-bond donors (Lipinski definition) is 2. The Hall–Kier alpha value is -2.69. The van der Waals surface area contributed by atoms with Gasteiger partial charge >= 0.3 is 0 Å². The number of primary amides is 1. The number of nitrogens with zero attached hydrogens (tertiary/aromatic N) is 1. The van der Waals surface area contributed by atoms with Crippen LogP contribution in [0, 0.1) is 6.92 Å². The summed E-state index contributed by atoms with van der Waals surface area (Å²) in [7, 11) is 0. The van der Waals surface area contributed by atoms with Gasteiger partial charge in [-0.15, -0.1) is 0 Å². The second-order valence-corrected chi connectivity index (χ2v) is 4.48. The van der Waals surface area contributed by atoms with Gasteiger partial charge in [0.15, 0.2) is 0 Å². The molecule has 1 heterocycles. The van der Waals surface area contributed by atoms with Crippen LogP contribution < -0.4 is 11.1 Å². The van der Waals surface area contributed by atoms with Crippen LogP contribution in [0.1, 0.15) is 23.0 Å². The van der Waals surface area contributed by atoms with Gasteiger partial charge in [0.2, 0.25) is 5.91 Å². The molecule has 0 fully saturated rings. The summed E-state index contributed by atoms with van der Waals surface area (Å²) in [6.45, 7) is 3.28. The number of rotatable bonds is 3. The minimum absolute atomic E-state index is 0.158. The van der Waals surface area contributed by atoms with E-state index in [2.05, 4.69) is 10.3 Å². The van der Waals surface area contributed by atoms with Crippen LogP contribution in [-0.4, -0.2) is 16.8 Å². The number of benzene rings is 1. The largest absolute Gasteiger partial charge is 0.366 e. The lowest BCUT2D eigenvalue weighted by atomic mass is 10.0. The Morgan fingerprint density at radius 1 is 1.20 bits per heavy atom. The van der Waals surface area contributed by atoms with Crippen LogP contribution in [0.4, 0.5) is 5.69 Å². The molecule has 0 unspecified atom stereocenters. The van der Waals surface area contributed by atoms with Gasteiger partial charge in [0.05, 0.1) is 11.3 Å². The molecule has 0 atom stereocenters. The Morgan fingerprint density at radius 2 is 1.95 bits per heavy atom. The summed E-state index contributed by atoms with van der Waals surface area (Å²) in [6.07, 6.45) is 0. The Balaban J connectivity index is 2.53. The van der Waals surface area contributed by atoms with E-state index in [9.17, 15) is 9.59 Å². The van der Waals surface area contributed by atoms with Crippen molar-refractivity contribution in [2.45, 2.75) is 13.8 Å². The van der Waals surface area contributed by atoms with E-state index in [-0.39, 0.29) is 5.91 Å². The first-order valence-corrected chi connectivity index (χ1v) is 6.13. The first-order valence-electron chi connectivity index (χ1n) is 6.13. The summed E-state index contributed by atoms with van der Waals surface area (Å²) in [5.41, 5.74) is 8.41. The number of hydrogen-bond acceptors (Lipinski definition) is 3. The average molecular weight is 269 g/mol. The summed E-state index contributed by atoms with van der Waals surface area (Å²) in [4.78, 5) is 26.9. The van der Waals surface area contributed by atoms with Crippen LogP contribution in [0.2, 0.25) is 0 Å². The molecule has 0 aliphatic carbocycles. The SMILES string of the molecule is CC(=O)Nc1cccc(-c2nc(C)ccc2C(N)=O)c1. The standard InChI is InChI=1S/C15H15N3O2/c1-9-6-7-13(15(16)20)14(17-9)11-4-3-5-12(8-11)18-10(2)19/h3-8H,1-2H3,(H2,16,20)(H,18,19). The van der Waals surface area contributed by atoms with Crippen LogP contribution in [0.5, 0.6) is 0 Å². The lowest BCUT2D eigenvalue weighted by Gasteiger charge is -2.09. The third-order valence-corrected chi connectivity index (χ3v) is 2.76. The first-order chi connectivity index (χ1) is 9.47. The van der Waals surface area contributed by atoms with Crippen molar-refractivity contribution < 1.29 is 9.59 Å². The van der Waals surface area contributed by atoms with Crippen LogP contribution in [0.25, 0.3) is 11.3 Å². The lowest BCUT2D eigenvalue weighted by Crippen LogP contribution is -2.13. The maximum absolute atomic E-state index is 11.5. The number of anilines is 1. The highest BCUT2D eigenvalue weighted by Crippen LogP contribution is 2.24. The molecule has 0 radical (unpaired) electrons. The van der Waals surface area contributed by atoms with Gasteiger partial charge in [-0.25, -0.2) is 0 Å². The molecule has 0 aliphatic rings. The molecule has 5 heteroatoms. The summed E-state index contributed by atoms with van der Waals surface area (Å²) in [5.74, 6) is -0.688. The van der Waals surface area contributed by atoms with Crippen LogP contribution >= 0.6 is 0 Å². The van der Waals surface area contributed by atoms with E-state index in [1.54, 1.807) is 30.3 Å². The van der Waals surface area contributed by atoms with Gasteiger partial charge in [-0.05, 0) is 31.2 Å². The number of nitrogens with two attached hydrogens (primary N) is 1. The van der Waals surface area contributed by atoms with Gasteiger partial charge in [-0.3, -0.25) is 14.6 Å². The second kappa shape index (κ2) is 5.52. The van der Waals surface area contributed by atoms with E-state index in [4.69, 9.17) is 5.73 Å². The van der Waals surface area contributed by atoms with Crippen molar-refractivity contribution in [3.63, 3.8) is 0 Å². The van der Waals surface area contributed by atoms with Crippen molar-refractivity contribution in [1.82, 2.24) is 4.98 Å². The van der Waals surface area contributed by atoms with Crippen molar-refractivity contribution in [3.05, 3.63) is 47.7 Å². The van der Waals surface area contributed by atoms with Gasteiger partial charge in [0.25, 0.3) is 5.91 Å². The summed E-state index contributed by atoms with van der Waals surface area (Å²) >= 11 is 0. The fourth-order valence-corrected chi connectivity index (χ4v) is 1.92. The summed E-state index contributed by atoms with van der Waals surface area (Å²) < 4.78 is 0. The highest BCUT2D eigenvalue weighted by atomic mass is 16.1. The second-order valence-electron chi connectivity index (χ2n) is 4.48. The van der Waals surface area contributed by atoms with Crippen LogP contribution in [-0.2, 0) is 4.79 Å². The monoisotopic (exact) mass is 269 g/mol. The number of aromatic nitrogens is 1. The normalized spacial score (nSPS) is 10.1. The third kappa shape index (κ3) is 3.00. The quantitative estimate of drug-likeness (QED) is 0.894. The molecular formula is C15H15N3O2. The number of carbonyl (C=O) groups excluding carboxylic acids is 2. The number of pyridine rings is 1. The van der Waals surface area contributed by atoms with E-state index in [1.165, 1.54) is 6.92 Å². The summed E-state index contributed by atoms with van der Waals surface area (Å²) in [6, 6.07) is 10.5. The van der Waals surface area contributed by atoms with E-state index < -0.39 is 5.91 Å². The van der Waals surface area contributed by atoms with Gasteiger partial charge in [-0.2, -0.15) is 0 Å². The van der Waals surface area contributed by atoms with Gasteiger partial charge < -0.3 is 11.1 Å². The minimum atomic E-state index is -0.530. The molecule has 0 saturated carbocycles. The van der Waals surface area contributed by atoms with Gasteiger partial charge in [0, 0.05) is 23.9 Å². The molecular weight excluding hydrogens is 254 g/mol. The zero-order chi connectivity index (χ0) is 14.7. The third-order valence-electron chi connectivity index (χ3n) is 2.76. The Labute approximate surface area is 116 Å². The van der Waals surface area contributed by atoms with Crippen LogP contribution in [0.15, 0.2) is 36.4 Å². The molecule has 20 heavy (non-hydrogen) atoms. The maximum Gasteiger partial charge on any atom is 0.250 e. The van der Waals surface area contributed by atoms with E-state index in [0.29, 0.717) is 16.9 Å². The van der Waals surface area contributed by atoms with Crippen LogP contribution in [0.3, 0.4) is 0 Å². The molecule has 2 rings (SSSR count). The fraction of sp³-hybridized carbons (Fsp3) is 0.133. The van der Waals surface area contributed by atoms with Gasteiger partial charge in [-0.1, -0.05) is 12.1 Å². The average Bonchev–Trinajstić information content (AvgIpc) is 2.37. The van der Waals surface area contributed by atoms with E-state index in [1.807, 2.05) is 13.0 Å². The zero-order valence-electron chi connectivity index (χ0n) is 11.3. The van der Waals surface area contributed by atoms with Crippen molar-refractivity contribution in [2.75, 3.05) is 5.32 Å². The molecule has 5 nitrogen and oxygen atoms in total. The summed E-state index contributed by atoms with van der Waals surface area (Å²) in [5, 5.41) is 2.70. The molecule has 0 bridgehead atoms. The molecule has 0 saturated heterocycles. The van der Waals surface area contributed by atoms with E-state index in [0.717, 1.165) is 11.3 Å². The number of aryl methyl sites for hydroxylation is 1. The molecule has 2 aromatic rings. The molecule has 1 aromatic carbocycles. The predicted molar refractivity (Wildman–Crippen MR) is 77.2 cm³/mol. The van der Waals surface area contributed by atoms with Crippen molar-refractivity contribution in [2.24, 2.45) is 5.73 Å². The van der Waals surface area contributed by atoms with Gasteiger partial charge in [0.1, 0.15) is 0 Å². The molecule has 2 amide bonds. The number of nitrogens with one attached hydrogen (secondary N) is 1. The van der Waals surface area contributed by atoms with E-state index >= 15 is 0 Å². The highest BCUT2D eigenvalue weighted by molar-refractivity contribution is 5.99. The number of amides is 2. The zero-order valence-corrected chi connectivity index (χ0v) is 11.3. The Kier molecular flexibility index (Phi) is 3.79. The first kappa shape index (κ1) is 13.7. The smallest absolute Gasteiger partial charge is 0.250 e. The van der Waals surface area contributed by atoms with Crippen molar-refractivity contribution in [3.8, 4) is 11.3 Å². The topological polar surface area (TPSA) is 85.1 Å². The highest BCUT2D eigenvalue weighted by Gasteiger charge is 2.12.